The fraction of sp³-hybridized carbons (Fsp3) is 0.0625. The van der Waals surface area contributed by atoms with Gasteiger partial charge in [-0.2, -0.15) is 0 Å². The Bertz CT molecular complexity index is 712. The van der Waals surface area contributed by atoms with Gasteiger partial charge in [-0.3, -0.25) is 14.9 Å². The van der Waals surface area contributed by atoms with E-state index in [9.17, 15) is 14.9 Å². The molecule has 2 aromatic rings. The van der Waals surface area contributed by atoms with Crippen LogP contribution >= 0.6 is 11.8 Å². The summed E-state index contributed by atoms with van der Waals surface area (Å²) in [6.07, 6.45) is 4.97. The molecule has 0 saturated heterocycles. The molecule has 5 nitrogen and oxygen atoms in total. The number of thioether (sulfide) groups is 1. The Hall–Kier alpha value is -2.60. The standard InChI is InChI=1S/C16H14N2O3S/c1-22-15-4-2-3-13(11-15)17-16(19)10-7-12-5-8-14(9-6-12)18(20)21/h2-11H,1H3,(H,17,19). The van der Waals surface area contributed by atoms with Crippen molar-refractivity contribution in [1.29, 1.82) is 0 Å². The predicted octanol–water partition coefficient (Wildman–Crippen LogP) is 3.97. The third-order valence-corrected chi connectivity index (χ3v) is 3.59. The van der Waals surface area contributed by atoms with E-state index in [1.54, 1.807) is 30.0 Å². The molecule has 2 aromatic carbocycles. The van der Waals surface area contributed by atoms with E-state index in [1.165, 1.54) is 18.2 Å². The van der Waals surface area contributed by atoms with Crippen molar-refractivity contribution in [2.75, 3.05) is 11.6 Å². The fourth-order valence-corrected chi connectivity index (χ4v) is 2.22. The molecule has 1 amide bonds. The highest BCUT2D eigenvalue weighted by molar-refractivity contribution is 7.98. The van der Waals surface area contributed by atoms with Crippen molar-refractivity contribution in [3.05, 3.63) is 70.3 Å². The number of benzene rings is 2. The third-order valence-electron chi connectivity index (χ3n) is 2.87. The number of nitrogens with zero attached hydrogens (tertiary/aromatic N) is 1. The molecule has 2 rings (SSSR count). The Labute approximate surface area is 132 Å². The van der Waals surface area contributed by atoms with Crippen LogP contribution in [0.5, 0.6) is 0 Å². The molecule has 0 unspecified atom stereocenters. The molecular weight excluding hydrogens is 300 g/mol. The van der Waals surface area contributed by atoms with Crippen molar-refractivity contribution in [2.45, 2.75) is 4.90 Å². The van der Waals surface area contributed by atoms with Crippen molar-refractivity contribution in [2.24, 2.45) is 0 Å². The van der Waals surface area contributed by atoms with E-state index < -0.39 is 4.92 Å². The van der Waals surface area contributed by atoms with Crippen molar-refractivity contribution < 1.29 is 9.72 Å². The van der Waals surface area contributed by atoms with Gasteiger partial charge in [-0.25, -0.2) is 0 Å². The predicted molar refractivity (Wildman–Crippen MR) is 89.0 cm³/mol. The molecule has 0 aliphatic rings. The van der Waals surface area contributed by atoms with Crippen LogP contribution in [0.4, 0.5) is 11.4 Å². The molecule has 6 heteroatoms. The molecule has 0 saturated carbocycles. The van der Waals surface area contributed by atoms with Crippen molar-refractivity contribution >= 4 is 35.1 Å². The Morgan fingerprint density at radius 2 is 1.95 bits per heavy atom. The van der Waals surface area contributed by atoms with Gasteiger partial charge in [0.15, 0.2) is 0 Å². The summed E-state index contributed by atoms with van der Waals surface area (Å²) in [5, 5.41) is 13.3. The Morgan fingerprint density at radius 3 is 2.59 bits per heavy atom. The van der Waals surface area contributed by atoms with Gasteiger partial charge >= 0.3 is 0 Å². The summed E-state index contributed by atoms with van der Waals surface area (Å²) < 4.78 is 0. The maximum absolute atomic E-state index is 11.8. The summed E-state index contributed by atoms with van der Waals surface area (Å²) in [6.45, 7) is 0. The number of anilines is 1. The normalized spacial score (nSPS) is 10.6. The summed E-state index contributed by atoms with van der Waals surface area (Å²) in [6, 6.07) is 13.5. The van der Waals surface area contributed by atoms with Gasteiger partial charge in [0.1, 0.15) is 0 Å². The van der Waals surface area contributed by atoms with Crippen LogP contribution < -0.4 is 5.32 Å². The molecule has 0 aromatic heterocycles. The SMILES string of the molecule is CSc1cccc(NC(=O)C=Cc2ccc([N+](=O)[O-])cc2)c1. The van der Waals surface area contributed by atoms with Gasteiger partial charge < -0.3 is 5.32 Å². The Morgan fingerprint density at radius 1 is 1.23 bits per heavy atom. The van der Waals surface area contributed by atoms with Crippen LogP contribution in [0.15, 0.2) is 59.5 Å². The highest BCUT2D eigenvalue weighted by Gasteiger charge is 2.03. The van der Waals surface area contributed by atoms with Crippen LogP contribution in [0.25, 0.3) is 6.08 Å². The molecule has 22 heavy (non-hydrogen) atoms. The van der Waals surface area contributed by atoms with Gasteiger partial charge in [0, 0.05) is 28.8 Å². The topological polar surface area (TPSA) is 72.2 Å². The van der Waals surface area contributed by atoms with E-state index >= 15 is 0 Å². The van der Waals surface area contributed by atoms with Crippen LogP contribution in [0, 0.1) is 10.1 Å². The van der Waals surface area contributed by atoms with E-state index in [0.717, 1.165) is 16.1 Å². The van der Waals surface area contributed by atoms with Crippen molar-refractivity contribution in [3.8, 4) is 0 Å². The molecule has 0 heterocycles. The smallest absolute Gasteiger partial charge is 0.269 e. The highest BCUT2D eigenvalue weighted by atomic mass is 32.2. The second-order valence-corrected chi connectivity index (χ2v) is 5.28. The number of hydrogen-bond acceptors (Lipinski definition) is 4. The number of non-ortho nitro benzene ring substituents is 1. The maximum Gasteiger partial charge on any atom is 0.269 e. The number of nitro groups is 1. The molecule has 0 spiro atoms. The monoisotopic (exact) mass is 314 g/mol. The van der Waals surface area contributed by atoms with Gasteiger partial charge in [-0.15, -0.1) is 11.8 Å². The largest absolute Gasteiger partial charge is 0.322 e. The summed E-state index contributed by atoms with van der Waals surface area (Å²) in [4.78, 5) is 23.0. The second kappa shape index (κ2) is 7.42. The lowest BCUT2D eigenvalue weighted by molar-refractivity contribution is -0.384. The first-order valence-electron chi connectivity index (χ1n) is 6.46. The molecule has 0 radical (unpaired) electrons. The van der Waals surface area contributed by atoms with Gasteiger partial charge in [0.2, 0.25) is 5.91 Å². The highest BCUT2D eigenvalue weighted by Crippen LogP contribution is 2.19. The van der Waals surface area contributed by atoms with Gasteiger partial charge in [0.05, 0.1) is 4.92 Å². The lowest BCUT2D eigenvalue weighted by Gasteiger charge is -2.03. The second-order valence-electron chi connectivity index (χ2n) is 4.40. The van der Waals surface area contributed by atoms with Gasteiger partial charge in [0.25, 0.3) is 5.69 Å². The number of amides is 1. The molecule has 0 aliphatic heterocycles. The number of carbonyl (C=O) groups is 1. The third kappa shape index (κ3) is 4.46. The summed E-state index contributed by atoms with van der Waals surface area (Å²) in [7, 11) is 0. The number of nitro benzene ring substituents is 1. The van der Waals surface area contributed by atoms with Crippen LogP contribution in [-0.4, -0.2) is 17.1 Å². The van der Waals surface area contributed by atoms with E-state index in [4.69, 9.17) is 0 Å². The van der Waals surface area contributed by atoms with Crippen LogP contribution in [0.3, 0.4) is 0 Å². The molecule has 0 atom stereocenters. The zero-order valence-corrected chi connectivity index (χ0v) is 12.7. The van der Waals surface area contributed by atoms with Gasteiger partial charge in [-0.1, -0.05) is 6.07 Å². The van der Waals surface area contributed by atoms with E-state index in [1.807, 2.05) is 30.5 Å². The average Bonchev–Trinajstić information content (AvgIpc) is 2.53. The fourth-order valence-electron chi connectivity index (χ4n) is 1.76. The van der Waals surface area contributed by atoms with Gasteiger partial charge in [-0.05, 0) is 48.2 Å². The lowest BCUT2D eigenvalue weighted by Crippen LogP contribution is -2.07. The number of hydrogen-bond donors (Lipinski definition) is 1. The average molecular weight is 314 g/mol. The van der Waals surface area contributed by atoms with Crippen LogP contribution in [0.2, 0.25) is 0 Å². The van der Waals surface area contributed by atoms with Crippen LogP contribution in [0.1, 0.15) is 5.56 Å². The minimum absolute atomic E-state index is 0.0236. The Kier molecular flexibility index (Phi) is 5.32. The van der Waals surface area contributed by atoms with E-state index in [0.29, 0.717) is 0 Å². The molecule has 0 aliphatic carbocycles. The quantitative estimate of drug-likeness (QED) is 0.392. The molecular formula is C16H14N2O3S. The maximum atomic E-state index is 11.8. The lowest BCUT2D eigenvalue weighted by atomic mass is 10.2. The first-order chi connectivity index (χ1) is 10.6. The first kappa shape index (κ1) is 15.8. The number of carbonyl (C=O) groups excluding carboxylic acids is 1. The minimum Gasteiger partial charge on any atom is -0.322 e. The summed E-state index contributed by atoms with van der Waals surface area (Å²) in [5.74, 6) is -0.253. The molecule has 112 valence electrons. The summed E-state index contributed by atoms with van der Waals surface area (Å²) in [5.41, 5.74) is 1.47. The molecule has 1 N–H and O–H groups in total. The zero-order valence-electron chi connectivity index (χ0n) is 11.9. The number of nitrogens with one attached hydrogen (secondary N) is 1. The Balaban J connectivity index is 2.00. The zero-order chi connectivity index (χ0) is 15.9. The molecule has 0 fully saturated rings. The van der Waals surface area contributed by atoms with Crippen molar-refractivity contribution in [3.63, 3.8) is 0 Å². The summed E-state index contributed by atoms with van der Waals surface area (Å²) >= 11 is 1.60. The van der Waals surface area contributed by atoms with E-state index in [2.05, 4.69) is 5.32 Å². The minimum atomic E-state index is -0.459. The van der Waals surface area contributed by atoms with E-state index in [-0.39, 0.29) is 11.6 Å². The van der Waals surface area contributed by atoms with Crippen LogP contribution in [-0.2, 0) is 4.79 Å². The first-order valence-corrected chi connectivity index (χ1v) is 7.68. The number of rotatable bonds is 5. The van der Waals surface area contributed by atoms with Crippen molar-refractivity contribution in [1.82, 2.24) is 0 Å². The molecule has 0 bridgehead atoms.